The van der Waals surface area contributed by atoms with Crippen LogP contribution < -0.4 is 5.73 Å². The number of halogens is 1. The van der Waals surface area contributed by atoms with Crippen LogP contribution >= 0.6 is 0 Å². The fourth-order valence-corrected chi connectivity index (χ4v) is 4.53. The first-order chi connectivity index (χ1) is 17.6. The Morgan fingerprint density at radius 1 is 1.03 bits per heavy atom. The van der Waals surface area contributed by atoms with Gasteiger partial charge in [-0.05, 0) is 11.1 Å². The van der Waals surface area contributed by atoms with Crippen molar-refractivity contribution in [1.82, 2.24) is 19.5 Å². The molecule has 1 fully saturated rings. The van der Waals surface area contributed by atoms with Crippen LogP contribution in [0.4, 0.5) is 10.2 Å². The Balaban J connectivity index is 1.42. The molecule has 2 aromatic carbocycles. The molecule has 4 aromatic rings. The summed E-state index contributed by atoms with van der Waals surface area (Å²) >= 11 is 0. The maximum atomic E-state index is 14.0. The molecule has 0 radical (unpaired) electrons. The standard InChI is InChI=1S/C26H28FN5O4/c1-33-15-26(16-34-13-18-8-4-2-5-9-18)20(35-14-19-10-6-3-7-11-19)12-21(36-26)32-17-29-22-23(28)30-25(27)31-24(22)32/h2-11,17,20-21H,12-16H2,1H3,(H2,28,30,31)/t20-,21+,26+/m0/s1. The van der Waals surface area contributed by atoms with Crippen LogP contribution in [0.1, 0.15) is 23.8 Å². The first kappa shape index (κ1) is 24.3. The molecule has 0 bridgehead atoms. The molecule has 3 atom stereocenters. The van der Waals surface area contributed by atoms with E-state index in [1.54, 1.807) is 11.7 Å². The fourth-order valence-electron chi connectivity index (χ4n) is 4.53. The molecule has 188 valence electrons. The summed E-state index contributed by atoms with van der Waals surface area (Å²) in [5.74, 6) is -0.0273. The van der Waals surface area contributed by atoms with Crippen LogP contribution in [0.25, 0.3) is 11.2 Å². The quantitative estimate of drug-likeness (QED) is 0.334. The van der Waals surface area contributed by atoms with E-state index in [2.05, 4.69) is 15.0 Å². The van der Waals surface area contributed by atoms with Crippen LogP contribution in [0.5, 0.6) is 0 Å². The Morgan fingerprint density at radius 2 is 1.72 bits per heavy atom. The third kappa shape index (κ3) is 5.07. The van der Waals surface area contributed by atoms with E-state index in [1.165, 1.54) is 6.33 Å². The third-order valence-electron chi connectivity index (χ3n) is 6.25. The average Bonchev–Trinajstić information content (AvgIpc) is 3.46. The molecule has 2 aromatic heterocycles. The zero-order valence-electron chi connectivity index (χ0n) is 19.9. The molecule has 5 rings (SSSR count). The van der Waals surface area contributed by atoms with Gasteiger partial charge in [-0.1, -0.05) is 60.7 Å². The highest BCUT2D eigenvalue weighted by atomic mass is 19.1. The molecule has 3 heterocycles. The number of benzene rings is 2. The van der Waals surface area contributed by atoms with Gasteiger partial charge >= 0.3 is 6.08 Å². The lowest BCUT2D eigenvalue weighted by atomic mass is 9.98. The molecule has 0 spiro atoms. The number of nitrogen functional groups attached to an aromatic ring is 1. The zero-order chi connectivity index (χ0) is 25.0. The molecule has 1 aliphatic rings. The topological polar surface area (TPSA) is 107 Å². The SMILES string of the molecule is COC[C@]1(COCc2ccccc2)O[C@@H](n2cnc3c(N)nc(F)nc32)C[C@@H]1OCc1ccccc1. The number of anilines is 1. The monoisotopic (exact) mass is 493 g/mol. The Morgan fingerprint density at radius 3 is 2.42 bits per heavy atom. The predicted molar refractivity (Wildman–Crippen MR) is 130 cm³/mol. The van der Waals surface area contributed by atoms with E-state index in [-0.39, 0.29) is 30.8 Å². The minimum Gasteiger partial charge on any atom is -0.382 e. The van der Waals surface area contributed by atoms with Gasteiger partial charge < -0.3 is 24.7 Å². The highest BCUT2D eigenvalue weighted by Gasteiger charge is 2.51. The van der Waals surface area contributed by atoms with Crippen LogP contribution in [-0.2, 0) is 32.2 Å². The number of methoxy groups -OCH3 is 1. The minimum atomic E-state index is -0.925. The maximum Gasteiger partial charge on any atom is 0.312 e. The van der Waals surface area contributed by atoms with Gasteiger partial charge in [0.15, 0.2) is 17.0 Å². The van der Waals surface area contributed by atoms with Crippen LogP contribution in [0.3, 0.4) is 0 Å². The molecule has 1 saturated heterocycles. The lowest BCUT2D eigenvalue weighted by Gasteiger charge is -2.33. The largest absolute Gasteiger partial charge is 0.382 e. The normalized spacial score (nSPS) is 21.8. The maximum absolute atomic E-state index is 14.0. The molecule has 10 heteroatoms. The summed E-state index contributed by atoms with van der Waals surface area (Å²) in [6.45, 7) is 1.26. The van der Waals surface area contributed by atoms with Gasteiger partial charge in [0, 0.05) is 13.5 Å². The number of nitrogens with two attached hydrogens (primary N) is 1. The van der Waals surface area contributed by atoms with E-state index in [1.807, 2.05) is 60.7 Å². The van der Waals surface area contributed by atoms with E-state index in [0.717, 1.165) is 11.1 Å². The predicted octanol–water partition coefficient (Wildman–Crippen LogP) is 3.65. The van der Waals surface area contributed by atoms with Gasteiger partial charge in [0.1, 0.15) is 11.8 Å². The number of fused-ring (bicyclic) bond motifs is 1. The second-order valence-electron chi connectivity index (χ2n) is 8.77. The van der Waals surface area contributed by atoms with Crippen molar-refractivity contribution in [2.24, 2.45) is 0 Å². The van der Waals surface area contributed by atoms with Gasteiger partial charge in [-0.15, -0.1) is 0 Å². The molecule has 2 N–H and O–H groups in total. The molecule has 0 aliphatic carbocycles. The number of nitrogens with zero attached hydrogens (tertiary/aromatic N) is 4. The smallest absolute Gasteiger partial charge is 0.312 e. The molecule has 36 heavy (non-hydrogen) atoms. The summed E-state index contributed by atoms with van der Waals surface area (Å²) in [5.41, 5.74) is 7.59. The first-order valence-electron chi connectivity index (χ1n) is 11.7. The van der Waals surface area contributed by atoms with Crippen molar-refractivity contribution in [3.05, 3.63) is 84.2 Å². The van der Waals surface area contributed by atoms with Crippen molar-refractivity contribution in [3.8, 4) is 0 Å². The fraction of sp³-hybridized carbons (Fsp3) is 0.346. The summed E-state index contributed by atoms with van der Waals surface area (Å²) in [6, 6.07) is 19.8. The molecule has 0 saturated carbocycles. The van der Waals surface area contributed by atoms with Gasteiger partial charge in [-0.3, -0.25) is 4.57 Å². The van der Waals surface area contributed by atoms with Gasteiger partial charge in [-0.25, -0.2) is 4.98 Å². The van der Waals surface area contributed by atoms with E-state index in [9.17, 15) is 4.39 Å². The Labute approximate surface area is 208 Å². The molecule has 0 amide bonds. The Hall–Kier alpha value is -3.44. The second-order valence-corrected chi connectivity index (χ2v) is 8.77. The summed E-state index contributed by atoms with van der Waals surface area (Å²) in [5, 5.41) is 0. The number of hydrogen-bond acceptors (Lipinski definition) is 8. The lowest BCUT2D eigenvalue weighted by Crippen LogP contribution is -2.49. The Bertz CT molecular complexity index is 1290. The minimum absolute atomic E-state index is 0.0273. The van der Waals surface area contributed by atoms with Crippen LogP contribution in [0.2, 0.25) is 0 Å². The van der Waals surface area contributed by atoms with Crippen LogP contribution in [0.15, 0.2) is 67.0 Å². The zero-order valence-corrected chi connectivity index (χ0v) is 19.9. The van der Waals surface area contributed by atoms with E-state index in [0.29, 0.717) is 25.2 Å². The number of aromatic nitrogens is 4. The molecule has 0 unspecified atom stereocenters. The third-order valence-corrected chi connectivity index (χ3v) is 6.25. The number of ether oxygens (including phenoxy) is 4. The molecule has 9 nitrogen and oxygen atoms in total. The summed E-state index contributed by atoms with van der Waals surface area (Å²) in [7, 11) is 1.61. The highest BCUT2D eigenvalue weighted by molar-refractivity contribution is 5.81. The van der Waals surface area contributed by atoms with Crippen molar-refractivity contribution in [1.29, 1.82) is 0 Å². The highest BCUT2D eigenvalue weighted by Crippen LogP contribution is 2.41. The second kappa shape index (κ2) is 10.7. The Kier molecular flexibility index (Phi) is 7.19. The van der Waals surface area contributed by atoms with Gasteiger partial charge in [0.25, 0.3) is 0 Å². The molecule has 1 aliphatic heterocycles. The van der Waals surface area contributed by atoms with Crippen LogP contribution in [0, 0.1) is 6.08 Å². The molecular weight excluding hydrogens is 465 g/mol. The van der Waals surface area contributed by atoms with Crippen molar-refractivity contribution in [2.45, 2.75) is 37.6 Å². The van der Waals surface area contributed by atoms with E-state index in [4.69, 9.17) is 24.7 Å². The van der Waals surface area contributed by atoms with E-state index >= 15 is 0 Å². The number of rotatable bonds is 10. The van der Waals surface area contributed by atoms with Crippen LogP contribution in [-0.4, -0.2) is 51.5 Å². The first-order valence-corrected chi connectivity index (χ1v) is 11.7. The number of hydrogen-bond donors (Lipinski definition) is 1. The van der Waals surface area contributed by atoms with Gasteiger partial charge in [0.05, 0.1) is 38.9 Å². The summed E-state index contributed by atoms with van der Waals surface area (Å²) in [4.78, 5) is 11.8. The van der Waals surface area contributed by atoms with Crippen molar-refractivity contribution >= 4 is 17.0 Å². The lowest BCUT2D eigenvalue weighted by molar-refractivity contribution is -0.179. The van der Waals surface area contributed by atoms with Gasteiger partial charge in [0.2, 0.25) is 0 Å². The van der Waals surface area contributed by atoms with E-state index < -0.39 is 17.9 Å². The molecular formula is C26H28FN5O4. The van der Waals surface area contributed by atoms with Crippen molar-refractivity contribution in [2.75, 3.05) is 26.1 Å². The van der Waals surface area contributed by atoms with Gasteiger partial charge in [-0.2, -0.15) is 14.4 Å². The summed E-state index contributed by atoms with van der Waals surface area (Å²) < 4.78 is 40.3. The van der Waals surface area contributed by atoms with Crippen molar-refractivity contribution in [3.63, 3.8) is 0 Å². The number of imidazole rings is 1. The van der Waals surface area contributed by atoms with Crippen molar-refractivity contribution < 1.29 is 23.3 Å². The summed E-state index contributed by atoms with van der Waals surface area (Å²) in [6.07, 6.45) is 0.106. The average molecular weight is 494 g/mol.